The van der Waals surface area contributed by atoms with Crippen LogP contribution in [-0.4, -0.2) is 29.0 Å². The first-order valence-electron chi connectivity index (χ1n) is 6.17. The first-order chi connectivity index (χ1) is 7.82. The highest BCUT2D eigenvalue weighted by Crippen LogP contribution is 2.26. The highest BCUT2D eigenvalue weighted by Gasteiger charge is 2.31. The number of aromatic nitrogens is 1. The van der Waals surface area contributed by atoms with Crippen molar-refractivity contribution in [2.24, 2.45) is 11.1 Å². The zero-order valence-corrected chi connectivity index (χ0v) is 11.6. The molecule has 0 radical (unpaired) electrons. The molecule has 2 atom stereocenters. The van der Waals surface area contributed by atoms with Gasteiger partial charge in [-0.1, -0.05) is 20.8 Å². The molecule has 0 aliphatic rings. The van der Waals surface area contributed by atoms with Crippen molar-refractivity contribution < 1.29 is 0 Å². The SMILES string of the molecule is CC(N)C(N(C)Cc1ccncc1)C(C)(C)C. The number of nitrogens with two attached hydrogens (primary N) is 1. The highest BCUT2D eigenvalue weighted by atomic mass is 15.2. The van der Waals surface area contributed by atoms with E-state index in [0.29, 0.717) is 6.04 Å². The summed E-state index contributed by atoms with van der Waals surface area (Å²) in [6.07, 6.45) is 3.67. The monoisotopic (exact) mass is 235 g/mol. The molecule has 3 nitrogen and oxygen atoms in total. The molecule has 0 spiro atoms. The average Bonchev–Trinajstić information content (AvgIpc) is 2.15. The molecule has 1 aromatic rings. The lowest BCUT2D eigenvalue weighted by Crippen LogP contribution is -2.51. The lowest BCUT2D eigenvalue weighted by atomic mass is 9.82. The van der Waals surface area contributed by atoms with Crippen molar-refractivity contribution in [3.05, 3.63) is 30.1 Å². The van der Waals surface area contributed by atoms with Gasteiger partial charge < -0.3 is 5.73 Å². The number of likely N-dealkylation sites (N-methyl/N-ethyl adjacent to an activating group) is 1. The van der Waals surface area contributed by atoms with Crippen molar-refractivity contribution in [1.29, 1.82) is 0 Å². The number of rotatable bonds is 4. The van der Waals surface area contributed by atoms with E-state index in [2.05, 4.69) is 56.8 Å². The smallest absolute Gasteiger partial charge is 0.0293 e. The number of nitrogens with zero attached hydrogens (tertiary/aromatic N) is 2. The van der Waals surface area contributed by atoms with Gasteiger partial charge in [-0.15, -0.1) is 0 Å². The minimum absolute atomic E-state index is 0.154. The van der Waals surface area contributed by atoms with Gasteiger partial charge in [-0.2, -0.15) is 0 Å². The molecular formula is C14H25N3. The summed E-state index contributed by atoms with van der Waals surface area (Å²) >= 11 is 0. The van der Waals surface area contributed by atoms with E-state index in [0.717, 1.165) is 6.54 Å². The van der Waals surface area contributed by atoms with E-state index in [-0.39, 0.29) is 11.5 Å². The van der Waals surface area contributed by atoms with Crippen LogP contribution in [0.3, 0.4) is 0 Å². The van der Waals surface area contributed by atoms with Gasteiger partial charge in [0.2, 0.25) is 0 Å². The molecule has 0 aliphatic heterocycles. The first-order valence-corrected chi connectivity index (χ1v) is 6.17. The molecule has 0 aromatic carbocycles. The zero-order valence-electron chi connectivity index (χ0n) is 11.6. The summed E-state index contributed by atoms with van der Waals surface area (Å²) in [5.41, 5.74) is 7.58. The molecule has 2 N–H and O–H groups in total. The van der Waals surface area contributed by atoms with Crippen molar-refractivity contribution in [2.75, 3.05) is 7.05 Å². The van der Waals surface area contributed by atoms with Crippen LogP contribution in [-0.2, 0) is 6.54 Å². The van der Waals surface area contributed by atoms with Gasteiger partial charge in [0.25, 0.3) is 0 Å². The maximum atomic E-state index is 6.12. The quantitative estimate of drug-likeness (QED) is 0.870. The lowest BCUT2D eigenvalue weighted by Gasteiger charge is -2.40. The van der Waals surface area contributed by atoms with Crippen LogP contribution in [0, 0.1) is 5.41 Å². The van der Waals surface area contributed by atoms with Crippen molar-refractivity contribution in [3.63, 3.8) is 0 Å². The predicted octanol–water partition coefficient (Wildman–Crippen LogP) is 2.28. The molecule has 0 aliphatic carbocycles. The van der Waals surface area contributed by atoms with Gasteiger partial charge in [0.15, 0.2) is 0 Å². The van der Waals surface area contributed by atoms with E-state index in [9.17, 15) is 0 Å². The van der Waals surface area contributed by atoms with Crippen molar-refractivity contribution in [1.82, 2.24) is 9.88 Å². The Morgan fingerprint density at radius 3 is 2.24 bits per heavy atom. The summed E-state index contributed by atoms with van der Waals surface area (Å²) in [6, 6.07) is 4.62. The number of hydrogen-bond donors (Lipinski definition) is 1. The topological polar surface area (TPSA) is 42.1 Å². The minimum atomic E-state index is 0.154. The van der Waals surface area contributed by atoms with Crippen LogP contribution in [0.2, 0.25) is 0 Å². The summed E-state index contributed by atoms with van der Waals surface area (Å²) in [5.74, 6) is 0. The van der Waals surface area contributed by atoms with E-state index >= 15 is 0 Å². The van der Waals surface area contributed by atoms with Crippen LogP contribution in [0.5, 0.6) is 0 Å². The molecule has 17 heavy (non-hydrogen) atoms. The molecule has 1 aromatic heterocycles. The third-order valence-electron chi connectivity index (χ3n) is 3.04. The van der Waals surface area contributed by atoms with Crippen LogP contribution >= 0.6 is 0 Å². The average molecular weight is 235 g/mol. The molecule has 3 heteroatoms. The van der Waals surface area contributed by atoms with Gasteiger partial charge in [-0.3, -0.25) is 9.88 Å². The first kappa shape index (κ1) is 14.1. The summed E-state index contributed by atoms with van der Waals surface area (Å²) in [7, 11) is 2.14. The molecule has 0 amide bonds. The van der Waals surface area contributed by atoms with E-state index in [4.69, 9.17) is 5.73 Å². The Morgan fingerprint density at radius 1 is 1.29 bits per heavy atom. The second-order valence-corrected chi connectivity index (χ2v) is 5.94. The van der Waals surface area contributed by atoms with Crippen LogP contribution in [0.25, 0.3) is 0 Å². The molecule has 0 fully saturated rings. The fourth-order valence-electron chi connectivity index (χ4n) is 2.73. The molecule has 0 saturated heterocycles. The normalized spacial score (nSPS) is 15.9. The number of pyridine rings is 1. The summed E-state index contributed by atoms with van der Waals surface area (Å²) in [6.45, 7) is 9.71. The van der Waals surface area contributed by atoms with Gasteiger partial charge in [-0.05, 0) is 37.1 Å². The van der Waals surface area contributed by atoms with Crippen LogP contribution in [0.1, 0.15) is 33.3 Å². The summed E-state index contributed by atoms with van der Waals surface area (Å²) < 4.78 is 0. The van der Waals surface area contributed by atoms with E-state index < -0.39 is 0 Å². The molecule has 0 saturated carbocycles. The van der Waals surface area contributed by atoms with Gasteiger partial charge in [0, 0.05) is 31.0 Å². The van der Waals surface area contributed by atoms with Gasteiger partial charge >= 0.3 is 0 Å². The molecule has 96 valence electrons. The highest BCUT2D eigenvalue weighted by molar-refractivity contribution is 5.09. The summed E-state index contributed by atoms with van der Waals surface area (Å²) in [4.78, 5) is 6.37. The second kappa shape index (κ2) is 5.61. The Hall–Kier alpha value is -0.930. The fourth-order valence-corrected chi connectivity index (χ4v) is 2.73. The predicted molar refractivity (Wildman–Crippen MR) is 72.6 cm³/mol. The number of hydrogen-bond acceptors (Lipinski definition) is 3. The van der Waals surface area contributed by atoms with E-state index in [1.807, 2.05) is 12.4 Å². The molecule has 2 unspecified atom stereocenters. The molecule has 1 heterocycles. The van der Waals surface area contributed by atoms with Crippen LogP contribution in [0.4, 0.5) is 0 Å². The van der Waals surface area contributed by atoms with Crippen LogP contribution < -0.4 is 5.73 Å². The standard InChI is InChI=1S/C14H25N3/c1-11(15)13(14(2,3)4)17(5)10-12-6-8-16-9-7-12/h6-9,11,13H,10,15H2,1-5H3. The largest absolute Gasteiger partial charge is 0.327 e. The molecule has 1 rings (SSSR count). The Morgan fingerprint density at radius 2 is 1.82 bits per heavy atom. The van der Waals surface area contributed by atoms with E-state index in [1.54, 1.807) is 0 Å². The van der Waals surface area contributed by atoms with Crippen molar-refractivity contribution in [2.45, 2.75) is 46.3 Å². The molecular weight excluding hydrogens is 210 g/mol. The maximum Gasteiger partial charge on any atom is 0.0293 e. The Balaban J connectivity index is 2.77. The van der Waals surface area contributed by atoms with Gasteiger partial charge in [0.05, 0.1) is 0 Å². The Bertz CT molecular complexity index is 327. The van der Waals surface area contributed by atoms with Gasteiger partial charge in [0.1, 0.15) is 0 Å². The molecule has 0 bridgehead atoms. The van der Waals surface area contributed by atoms with E-state index in [1.165, 1.54) is 5.56 Å². The zero-order chi connectivity index (χ0) is 13.1. The second-order valence-electron chi connectivity index (χ2n) is 5.94. The fraction of sp³-hybridized carbons (Fsp3) is 0.643. The third-order valence-corrected chi connectivity index (χ3v) is 3.04. The summed E-state index contributed by atoms with van der Waals surface area (Å²) in [5, 5.41) is 0. The van der Waals surface area contributed by atoms with Crippen molar-refractivity contribution in [3.8, 4) is 0 Å². The Kier molecular flexibility index (Phi) is 4.66. The third kappa shape index (κ3) is 4.10. The minimum Gasteiger partial charge on any atom is -0.327 e. The van der Waals surface area contributed by atoms with Gasteiger partial charge in [-0.25, -0.2) is 0 Å². The maximum absolute atomic E-state index is 6.12. The Labute approximate surface area is 105 Å². The van der Waals surface area contributed by atoms with Crippen LogP contribution in [0.15, 0.2) is 24.5 Å². The van der Waals surface area contributed by atoms with Crippen molar-refractivity contribution >= 4 is 0 Å². The lowest BCUT2D eigenvalue weighted by molar-refractivity contribution is 0.100.